The summed E-state index contributed by atoms with van der Waals surface area (Å²) in [5.74, 6) is -0.981. The number of benzene rings is 3. The number of rotatable bonds is 9. The summed E-state index contributed by atoms with van der Waals surface area (Å²) in [5.41, 5.74) is 16.7. The van der Waals surface area contributed by atoms with Crippen LogP contribution >= 0.6 is 0 Å². The van der Waals surface area contributed by atoms with E-state index in [2.05, 4.69) is 105 Å². The molecular weight excluding hydrogens is 635 g/mol. The third-order valence-electron chi connectivity index (χ3n) is 6.57. The molecule has 3 N–H and O–H groups in total. The molecule has 0 fully saturated rings. The molecule has 1 amide bonds. The normalized spacial score (nSPS) is 8.67. The minimum Gasteiger partial charge on any atom is -0.359 e. The van der Waals surface area contributed by atoms with Gasteiger partial charge in [-0.1, -0.05) is 131 Å². The molecule has 0 atom stereocenters. The smallest absolute Gasteiger partial charge is 0.207 e. The van der Waals surface area contributed by atoms with E-state index in [1.165, 1.54) is 82.5 Å². The number of aryl methyl sites for hydroxylation is 3. The van der Waals surface area contributed by atoms with E-state index in [9.17, 15) is 13.6 Å². The lowest BCUT2D eigenvalue weighted by Crippen LogP contribution is -2.07. The van der Waals surface area contributed by atoms with Crippen molar-refractivity contribution < 1.29 is 13.6 Å². The zero-order valence-electron chi connectivity index (χ0n) is 35.6. The van der Waals surface area contributed by atoms with E-state index in [1.807, 2.05) is 46.8 Å². The highest BCUT2D eigenvalue weighted by Gasteiger charge is 2.14. The second-order valence-corrected chi connectivity index (χ2v) is 11.0. The van der Waals surface area contributed by atoms with Gasteiger partial charge in [0.2, 0.25) is 6.41 Å². The second-order valence-electron chi connectivity index (χ2n) is 11.0. The molecule has 3 nitrogen and oxygen atoms in total. The van der Waals surface area contributed by atoms with Gasteiger partial charge in [-0.15, -0.1) is 6.58 Å². The maximum atomic E-state index is 12.3. The molecule has 3 aromatic rings. The molecule has 0 aliphatic rings. The molecule has 0 spiro atoms. The molecule has 0 aromatic heterocycles. The van der Waals surface area contributed by atoms with Gasteiger partial charge in [0, 0.05) is 12.1 Å². The molecule has 51 heavy (non-hydrogen) atoms. The summed E-state index contributed by atoms with van der Waals surface area (Å²) < 4.78 is 24.7. The quantitative estimate of drug-likeness (QED) is 0.171. The average molecular weight is 713 g/mol. The third-order valence-corrected chi connectivity index (χ3v) is 6.57. The summed E-state index contributed by atoms with van der Waals surface area (Å²) in [6.07, 6.45) is 11.2. The van der Waals surface area contributed by atoms with Crippen LogP contribution < -0.4 is 11.1 Å². The van der Waals surface area contributed by atoms with Gasteiger partial charge >= 0.3 is 0 Å². The number of hydrogen-bond acceptors (Lipinski definition) is 2. The number of halogens is 2. The largest absolute Gasteiger partial charge is 0.359 e. The predicted octanol–water partition coefficient (Wildman–Crippen LogP) is 13.9. The fourth-order valence-electron chi connectivity index (χ4n) is 4.16. The van der Waals surface area contributed by atoms with Crippen molar-refractivity contribution in [3.05, 3.63) is 112 Å². The van der Waals surface area contributed by atoms with Gasteiger partial charge in [0.1, 0.15) is 11.6 Å². The fourth-order valence-corrected chi connectivity index (χ4v) is 4.16. The summed E-state index contributed by atoms with van der Waals surface area (Å²) >= 11 is 0. The average Bonchev–Trinajstić information content (AvgIpc) is 3.14. The van der Waals surface area contributed by atoms with E-state index in [0.29, 0.717) is 6.41 Å². The first-order chi connectivity index (χ1) is 24.4. The fraction of sp³-hybridized carbons (Fsp3) is 0.500. The maximum absolute atomic E-state index is 12.3. The van der Waals surface area contributed by atoms with Crippen molar-refractivity contribution in [3.8, 4) is 11.1 Å². The van der Waals surface area contributed by atoms with Crippen LogP contribution in [-0.4, -0.2) is 19.5 Å². The Morgan fingerprint density at radius 3 is 1.59 bits per heavy atom. The molecule has 5 heteroatoms. The zero-order chi connectivity index (χ0) is 40.8. The van der Waals surface area contributed by atoms with Crippen molar-refractivity contribution in [1.82, 2.24) is 5.32 Å². The highest BCUT2D eigenvalue weighted by atomic mass is 19.1. The SMILES string of the molecule is C=CCC.C=Cc1cc(C)c(-c2ccc(C)c(CCCN)c2C)c(CC)c1.CC.CC.CCC.CCC.CCNC=O.Cc1c(F)cccc1F. The number of nitrogens with two attached hydrogens (primary N) is 1. The van der Waals surface area contributed by atoms with Gasteiger partial charge in [0.15, 0.2) is 0 Å². The van der Waals surface area contributed by atoms with E-state index in [0.717, 1.165) is 38.8 Å². The third kappa shape index (κ3) is 26.8. The minimum absolute atomic E-state index is 0.0810. The number of amides is 1. The van der Waals surface area contributed by atoms with Crippen LogP contribution in [-0.2, 0) is 17.6 Å². The van der Waals surface area contributed by atoms with Crippen molar-refractivity contribution in [3.63, 3.8) is 0 Å². The van der Waals surface area contributed by atoms with Crippen molar-refractivity contribution >= 4 is 12.5 Å². The molecule has 0 saturated carbocycles. The van der Waals surface area contributed by atoms with Crippen LogP contribution in [0, 0.1) is 39.3 Å². The molecule has 3 rings (SSSR count). The highest BCUT2D eigenvalue weighted by molar-refractivity contribution is 5.77. The minimum atomic E-state index is -0.491. The molecule has 3 aromatic carbocycles. The molecule has 0 saturated heterocycles. The molecule has 0 aliphatic heterocycles. The molecule has 0 bridgehead atoms. The molecule has 292 valence electrons. The van der Waals surface area contributed by atoms with Crippen molar-refractivity contribution in [2.45, 2.75) is 142 Å². The Morgan fingerprint density at radius 2 is 1.25 bits per heavy atom. The lowest BCUT2D eigenvalue weighted by Gasteiger charge is -2.19. The van der Waals surface area contributed by atoms with E-state index in [1.54, 1.807) is 0 Å². The van der Waals surface area contributed by atoms with Crippen LogP contribution in [0.4, 0.5) is 8.78 Å². The van der Waals surface area contributed by atoms with E-state index >= 15 is 0 Å². The molecule has 0 heterocycles. The molecule has 0 unspecified atom stereocenters. The summed E-state index contributed by atoms with van der Waals surface area (Å²) in [6.45, 7) is 39.6. The Morgan fingerprint density at radius 1 is 0.765 bits per heavy atom. The zero-order valence-corrected chi connectivity index (χ0v) is 35.6. The lowest BCUT2D eigenvalue weighted by molar-refractivity contribution is -0.109. The summed E-state index contributed by atoms with van der Waals surface area (Å²) in [5, 5.41) is 2.43. The van der Waals surface area contributed by atoms with Crippen LogP contribution in [0.5, 0.6) is 0 Å². The second kappa shape index (κ2) is 40.9. The van der Waals surface area contributed by atoms with Gasteiger partial charge < -0.3 is 11.1 Å². The van der Waals surface area contributed by atoms with Gasteiger partial charge in [-0.2, -0.15) is 0 Å². The molecular formula is C46H78F2N2O. The Hall–Kier alpha value is -3.57. The standard InChI is InChI=1S/C22H29N.C7H6F2.C4H8.C3H7NO.2C3H8.2C2H6/c1-6-18-13-16(4)22(19(7-2)14-18)21-11-10-15(3)20(17(21)5)9-8-12-23;1-5-6(8)3-2-4-7(5)9;1-3-4-2;1-2-4-3-5;2*1-3-2;2*1-2/h6,10-11,13-14H,1,7-9,12,23H2,2-5H3;2-4H,1H3;3H,1,4H2,2H3;3H,2H2,1H3,(H,4,5);2*3H2,1-2H3;2*1-2H3. The van der Waals surface area contributed by atoms with E-state index in [-0.39, 0.29) is 5.56 Å². The van der Waals surface area contributed by atoms with Gasteiger partial charge in [-0.3, -0.25) is 4.79 Å². The van der Waals surface area contributed by atoms with E-state index in [4.69, 9.17) is 5.73 Å². The first-order valence-corrected chi connectivity index (χ1v) is 19.1. The Kier molecular flexibility index (Phi) is 45.5. The van der Waals surface area contributed by atoms with Gasteiger partial charge in [0.05, 0.1) is 0 Å². The number of hydrogen-bond donors (Lipinski definition) is 2. The number of carbonyl (C=O) groups excluding carboxylic acids is 1. The topological polar surface area (TPSA) is 55.1 Å². The highest BCUT2D eigenvalue weighted by Crippen LogP contribution is 2.34. The summed E-state index contributed by atoms with van der Waals surface area (Å²) in [4.78, 5) is 9.29. The van der Waals surface area contributed by atoms with Gasteiger partial charge in [0.25, 0.3) is 0 Å². The van der Waals surface area contributed by atoms with Crippen molar-refractivity contribution in [2.75, 3.05) is 13.1 Å². The van der Waals surface area contributed by atoms with Crippen LogP contribution in [0.1, 0.15) is 141 Å². The van der Waals surface area contributed by atoms with Crippen LogP contribution in [0.2, 0.25) is 0 Å². The lowest BCUT2D eigenvalue weighted by atomic mass is 9.85. The summed E-state index contributed by atoms with van der Waals surface area (Å²) in [7, 11) is 0. The first-order valence-electron chi connectivity index (χ1n) is 19.1. The molecule has 0 aliphatic carbocycles. The van der Waals surface area contributed by atoms with Gasteiger partial charge in [-0.05, 0) is 123 Å². The van der Waals surface area contributed by atoms with Crippen LogP contribution in [0.3, 0.4) is 0 Å². The van der Waals surface area contributed by atoms with E-state index < -0.39 is 11.6 Å². The number of allylic oxidation sites excluding steroid dienone is 1. The number of carbonyl (C=O) groups is 1. The monoisotopic (exact) mass is 713 g/mol. The first kappa shape index (κ1) is 56.8. The maximum Gasteiger partial charge on any atom is 0.207 e. The Labute approximate surface area is 315 Å². The van der Waals surface area contributed by atoms with Crippen LogP contribution in [0.25, 0.3) is 17.2 Å². The number of nitrogens with one attached hydrogen (secondary N) is 1. The van der Waals surface area contributed by atoms with Crippen molar-refractivity contribution in [1.29, 1.82) is 0 Å². The van der Waals surface area contributed by atoms with Gasteiger partial charge in [-0.25, -0.2) is 8.78 Å². The summed E-state index contributed by atoms with van der Waals surface area (Å²) in [6, 6.07) is 12.9. The van der Waals surface area contributed by atoms with Crippen molar-refractivity contribution in [2.24, 2.45) is 5.73 Å². The predicted molar refractivity (Wildman–Crippen MR) is 229 cm³/mol. The Bertz CT molecular complexity index is 1250. The Balaban J connectivity index is -0.000000206. The molecule has 0 radical (unpaired) electrons. The van der Waals surface area contributed by atoms with Crippen LogP contribution in [0.15, 0.2) is 61.7 Å².